The van der Waals surface area contributed by atoms with Crippen molar-refractivity contribution >= 4 is 33.2 Å². The summed E-state index contributed by atoms with van der Waals surface area (Å²) >= 11 is 8.95. The van der Waals surface area contributed by atoms with E-state index >= 15 is 0 Å². The zero-order valence-electron chi connectivity index (χ0n) is 5.20. The van der Waals surface area contributed by atoms with Gasteiger partial charge in [0.15, 0.2) is 5.65 Å². The molecule has 0 saturated carbocycles. The van der Waals surface area contributed by atoms with Crippen LogP contribution in [0.25, 0.3) is 5.65 Å². The van der Waals surface area contributed by atoms with E-state index in [1.807, 2.05) is 0 Å². The van der Waals surface area contributed by atoms with Crippen molar-refractivity contribution in [1.82, 2.24) is 19.6 Å². The van der Waals surface area contributed by atoms with Crippen LogP contribution in [0, 0.1) is 0 Å². The molecule has 2 heterocycles. The summed E-state index contributed by atoms with van der Waals surface area (Å²) in [6.45, 7) is 0. The Bertz CT molecular complexity index is 398. The van der Waals surface area contributed by atoms with Crippen molar-refractivity contribution in [1.29, 1.82) is 0 Å². The molecule has 0 radical (unpaired) electrons. The van der Waals surface area contributed by atoms with Gasteiger partial charge in [-0.2, -0.15) is 0 Å². The Morgan fingerprint density at radius 1 is 1.45 bits per heavy atom. The summed E-state index contributed by atoms with van der Waals surface area (Å²) in [6.07, 6.45) is 3.12. The van der Waals surface area contributed by atoms with Crippen LogP contribution >= 0.6 is 27.5 Å². The van der Waals surface area contributed by atoms with Crippen molar-refractivity contribution in [2.45, 2.75) is 0 Å². The lowest BCUT2D eigenvalue weighted by Crippen LogP contribution is -1.87. The van der Waals surface area contributed by atoms with E-state index in [0.29, 0.717) is 15.3 Å². The van der Waals surface area contributed by atoms with Crippen molar-refractivity contribution in [2.24, 2.45) is 0 Å². The van der Waals surface area contributed by atoms with Crippen LogP contribution < -0.4 is 0 Å². The fourth-order valence-corrected chi connectivity index (χ4v) is 1.26. The lowest BCUT2D eigenvalue weighted by Gasteiger charge is -1.94. The molecule has 2 aromatic heterocycles. The predicted molar refractivity (Wildman–Crippen MR) is 43.5 cm³/mol. The summed E-state index contributed by atoms with van der Waals surface area (Å²) in [5, 5.41) is 7.90. The fraction of sp³-hybridized carbons (Fsp3) is 0. The molecule has 0 unspecified atom stereocenters. The first-order valence-corrected chi connectivity index (χ1v) is 3.95. The highest BCUT2D eigenvalue weighted by Crippen LogP contribution is 2.22. The zero-order valence-corrected chi connectivity index (χ0v) is 7.54. The molecule has 0 saturated heterocycles. The van der Waals surface area contributed by atoms with Crippen LogP contribution in [0.15, 0.2) is 17.1 Å². The monoisotopic (exact) mass is 232 g/mol. The van der Waals surface area contributed by atoms with Crippen LogP contribution in [0.5, 0.6) is 0 Å². The van der Waals surface area contributed by atoms with Gasteiger partial charge in [-0.3, -0.25) is 4.40 Å². The van der Waals surface area contributed by atoms with Crippen molar-refractivity contribution in [2.75, 3.05) is 0 Å². The molecule has 0 spiro atoms. The van der Waals surface area contributed by atoms with E-state index in [4.69, 9.17) is 11.6 Å². The van der Waals surface area contributed by atoms with E-state index in [-0.39, 0.29) is 0 Å². The third-order valence-corrected chi connectivity index (χ3v) is 2.49. The minimum absolute atomic E-state index is 0.394. The molecule has 0 N–H and O–H groups in total. The smallest absolute Gasteiger partial charge is 0.179 e. The maximum absolute atomic E-state index is 5.71. The first kappa shape index (κ1) is 7.00. The molecule has 11 heavy (non-hydrogen) atoms. The van der Waals surface area contributed by atoms with Gasteiger partial charge in [0.25, 0.3) is 0 Å². The molecular formula is C5H2BrClN4. The molecule has 0 bridgehead atoms. The first-order chi connectivity index (χ1) is 5.29. The van der Waals surface area contributed by atoms with Gasteiger partial charge in [0.1, 0.15) is 22.3 Å². The number of halogens is 2. The van der Waals surface area contributed by atoms with Crippen molar-refractivity contribution in [3.05, 3.63) is 22.3 Å². The van der Waals surface area contributed by atoms with Gasteiger partial charge < -0.3 is 0 Å². The molecule has 0 aromatic carbocycles. The summed E-state index contributed by atoms with van der Waals surface area (Å²) in [7, 11) is 0. The van der Waals surface area contributed by atoms with Crippen LogP contribution in [-0.4, -0.2) is 19.6 Å². The molecule has 6 heteroatoms. The normalized spacial score (nSPS) is 10.7. The molecule has 0 aliphatic heterocycles. The van der Waals surface area contributed by atoms with Crippen LogP contribution in [0.2, 0.25) is 5.15 Å². The molecule has 0 aliphatic rings. The van der Waals surface area contributed by atoms with E-state index in [0.717, 1.165) is 0 Å². The molecule has 2 aromatic rings. The standard InChI is InChI=1S/C5H2BrClN4/c6-3-4(7)8-1-11-2-9-10-5(3)11/h1-2H. The van der Waals surface area contributed by atoms with Crippen LogP contribution in [0.3, 0.4) is 0 Å². The molecule has 0 fully saturated rings. The highest BCUT2D eigenvalue weighted by Gasteiger charge is 2.04. The fourth-order valence-electron chi connectivity index (χ4n) is 0.746. The molecule has 0 atom stereocenters. The second-order valence-corrected chi connectivity index (χ2v) is 3.06. The number of hydrogen-bond acceptors (Lipinski definition) is 3. The summed E-state index contributed by atoms with van der Waals surface area (Å²) in [6, 6.07) is 0. The topological polar surface area (TPSA) is 43.1 Å². The number of aromatic nitrogens is 4. The zero-order chi connectivity index (χ0) is 7.84. The maximum Gasteiger partial charge on any atom is 0.179 e. The number of hydrogen-bond donors (Lipinski definition) is 0. The van der Waals surface area contributed by atoms with Crippen LogP contribution in [-0.2, 0) is 0 Å². The van der Waals surface area contributed by atoms with Gasteiger partial charge in [-0.25, -0.2) is 4.98 Å². The second kappa shape index (κ2) is 2.42. The van der Waals surface area contributed by atoms with E-state index in [9.17, 15) is 0 Å². The maximum atomic E-state index is 5.71. The quantitative estimate of drug-likeness (QED) is 0.648. The average Bonchev–Trinajstić information content (AvgIpc) is 2.45. The highest BCUT2D eigenvalue weighted by molar-refractivity contribution is 9.10. The molecule has 4 nitrogen and oxygen atoms in total. The third-order valence-electron chi connectivity index (χ3n) is 1.25. The summed E-state index contributed by atoms with van der Waals surface area (Å²) in [5.41, 5.74) is 0.671. The Hall–Kier alpha value is -0.680. The van der Waals surface area contributed by atoms with Gasteiger partial charge in [-0.1, -0.05) is 11.6 Å². The van der Waals surface area contributed by atoms with Gasteiger partial charge in [0.2, 0.25) is 0 Å². The van der Waals surface area contributed by atoms with Crippen molar-refractivity contribution < 1.29 is 0 Å². The Morgan fingerprint density at radius 2 is 2.27 bits per heavy atom. The summed E-state index contributed by atoms with van der Waals surface area (Å²) in [4.78, 5) is 3.88. The minimum atomic E-state index is 0.394. The lowest BCUT2D eigenvalue weighted by molar-refractivity contribution is 1.06. The van der Waals surface area contributed by atoms with E-state index < -0.39 is 0 Å². The van der Waals surface area contributed by atoms with Gasteiger partial charge in [0.05, 0.1) is 0 Å². The van der Waals surface area contributed by atoms with Gasteiger partial charge >= 0.3 is 0 Å². The highest BCUT2D eigenvalue weighted by atomic mass is 79.9. The Labute approximate surface area is 75.3 Å². The van der Waals surface area contributed by atoms with Crippen molar-refractivity contribution in [3.8, 4) is 0 Å². The van der Waals surface area contributed by atoms with Crippen LogP contribution in [0.4, 0.5) is 0 Å². The lowest BCUT2D eigenvalue weighted by atomic mass is 10.6. The van der Waals surface area contributed by atoms with Crippen molar-refractivity contribution in [3.63, 3.8) is 0 Å². The van der Waals surface area contributed by atoms with Crippen LogP contribution in [0.1, 0.15) is 0 Å². The number of nitrogens with zero attached hydrogens (tertiary/aromatic N) is 4. The molecular weight excluding hydrogens is 231 g/mol. The number of fused-ring (bicyclic) bond motifs is 1. The molecule has 56 valence electrons. The van der Waals surface area contributed by atoms with Gasteiger partial charge in [-0.05, 0) is 15.9 Å². The largest absolute Gasteiger partial charge is 0.271 e. The molecule has 2 rings (SSSR count). The first-order valence-electron chi connectivity index (χ1n) is 2.78. The second-order valence-electron chi connectivity index (χ2n) is 1.91. The van der Waals surface area contributed by atoms with E-state index in [1.54, 1.807) is 17.1 Å². The summed E-state index contributed by atoms with van der Waals surface area (Å²) < 4.78 is 2.34. The average molecular weight is 233 g/mol. The van der Waals surface area contributed by atoms with E-state index in [1.165, 1.54) is 0 Å². The van der Waals surface area contributed by atoms with Gasteiger partial charge in [0, 0.05) is 0 Å². The van der Waals surface area contributed by atoms with Gasteiger partial charge in [-0.15, -0.1) is 10.2 Å². The predicted octanol–water partition coefficient (Wildman–Crippen LogP) is 1.54. The third kappa shape index (κ3) is 1.00. The summed E-state index contributed by atoms with van der Waals surface area (Å²) in [5.74, 6) is 0. The number of rotatable bonds is 0. The SMILES string of the molecule is Clc1ncn2cnnc2c1Br. The Balaban J connectivity index is 2.93. The Morgan fingerprint density at radius 3 is 3.09 bits per heavy atom. The molecule has 0 aliphatic carbocycles. The van der Waals surface area contributed by atoms with E-state index in [2.05, 4.69) is 31.1 Å². The molecule has 0 amide bonds. The Kier molecular flexibility index (Phi) is 1.54. The minimum Gasteiger partial charge on any atom is -0.271 e.